The molecule has 1 aromatic heterocycles. The fourth-order valence-electron chi connectivity index (χ4n) is 3.47. The van der Waals surface area contributed by atoms with Gasteiger partial charge in [0.25, 0.3) is 0 Å². The minimum absolute atomic E-state index is 0.0654. The maximum Gasteiger partial charge on any atom is 0.416 e. The molecule has 5 nitrogen and oxygen atoms in total. The summed E-state index contributed by atoms with van der Waals surface area (Å²) in [4.78, 5) is 13.7. The number of hydrogen-bond donors (Lipinski definition) is 1. The smallest absolute Gasteiger partial charge is 0.416 e. The number of rotatable bonds is 4. The Labute approximate surface area is 158 Å². The quantitative estimate of drug-likeness (QED) is 0.726. The molecule has 0 radical (unpaired) electrons. The molecule has 3 aromatic rings. The minimum atomic E-state index is -4.42. The van der Waals surface area contributed by atoms with Gasteiger partial charge in [0.2, 0.25) is 0 Å². The molecule has 0 spiro atoms. The van der Waals surface area contributed by atoms with Gasteiger partial charge < -0.3 is 10.0 Å². The number of carboxylic acid groups (broad SMARTS) is 1. The number of benzene rings is 2. The number of carboxylic acids is 1. The molecule has 4 rings (SSSR count). The van der Waals surface area contributed by atoms with Crippen LogP contribution >= 0.6 is 0 Å². The summed E-state index contributed by atoms with van der Waals surface area (Å²) in [6.45, 7) is 1.12. The lowest BCUT2D eigenvalue weighted by Crippen LogP contribution is -2.22. The average Bonchev–Trinajstić information content (AvgIpc) is 3.22. The lowest BCUT2D eigenvalue weighted by atomic mass is 10.1. The molecule has 0 saturated heterocycles. The Morgan fingerprint density at radius 3 is 2.50 bits per heavy atom. The number of anilines is 1. The van der Waals surface area contributed by atoms with E-state index in [0.717, 1.165) is 12.1 Å². The SMILES string of the molecule is O=C(O)c1c(-c2ccccc2)nn2c1N(Cc1cccc(C(F)(F)F)c1)CC2. The molecule has 0 aliphatic carbocycles. The Kier molecular flexibility index (Phi) is 4.33. The fraction of sp³-hybridized carbons (Fsp3) is 0.200. The monoisotopic (exact) mass is 387 g/mol. The lowest BCUT2D eigenvalue weighted by Gasteiger charge is -2.19. The number of alkyl halides is 3. The van der Waals surface area contributed by atoms with Crippen LogP contribution in [0, 0.1) is 0 Å². The summed E-state index contributed by atoms with van der Waals surface area (Å²) in [5.74, 6) is -0.695. The van der Waals surface area contributed by atoms with E-state index in [0.29, 0.717) is 35.7 Å². The Hall–Kier alpha value is -3.29. The van der Waals surface area contributed by atoms with E-state index >= 15 is 0 Å². The first-order valence-corrected chi connectivity index (χ1v) is 8.65. The third-order valence-electron chi connectivity index (χ3n) is 4.70. The summed E-state index contributed by atoms with van der Waals surface area (Å²) >= 11 is 0. The van der Waals surface area contributed by atoms with Crippen LogP contribution in [0.5, 0.6) is 0 Å². The first kappa shape index (κ1) is 18.1. The number of hydrogen-bond acceptors (Lipinski definition) is 3. The van der Waals surface area contributed by atoms with Crippen molar-refractivity contribution in [3.05, 3.63) is 71.3 Å². The lowest BCUT2D eigenvalue weighted by molar-refractivity contribution is -0.137. The van der Waals surface area contributed by atoms with Crippen LogP contribution in [0.4, 0.5) is 19.0 Å². The zero-order valence-electron chi connectivity index (χ0n) is 14.6. The molecule has 0 fully saturated rings. The largest absolute Gasteiger partial charge is 0.477 e. The fourth-order valence-corrected chi connectivity index (χ4v) is 3.47. The standard InChI is InChI=1S/C20H16F3N3O2/c21-20(22,23)15-8-4-5-13(11-15)12-25-9-10-26-18(25)16(19(27)28)17(24-26)14-6-2-1-3-7-14/h1-8,11H,9-10,12H2,(H,27,28). The van der Waals surface area contributed by atoms with Gasteiger partial charge >= 0.3 is 12.1 Å². The normalized spacial score (nSPS) is 13.6. The molecule has 28 heavy (non-hydrogen) atoms. The van der Waals surface area contributed by atoms with E-state index in [1.807, 2.05) is 6.07 Å². The number of fused-ring (bicyclic) bond motifs is 1. The van der Waals surface area contributed by atoms with Crippen molar-refractivity contribution >= 4 is 11.8 Å². The van der Waals surface area contributed by atoms with E-state index in [2.05, 4.69) is 5.10 Å². The van der Waals surface area contributed by atoms with Crippen molar-refractivity contribution in [3.8, 4) is 11.3 Å². The molecule has 0 atom stereocenters. The summed E-state index contributed by atoms with van der Waals surface area (Å²) < 4.78 is 40.5. The van der Waals surface area contributed by atoms with E-state index < -0.39 is 17.7 Å². The Morgan fingerprint density at radius 2 is 1.82 bits per heavy atom. The van der Waals surface area contributed by atoms with Crippen molar-refractivity contribution < 1.29 is 23.1 Å². The maximum absolute atomic E-state index is 13.0. The zero-order valence-corrected chi connectivity index (χ0v) is 14.6. The third-order valence-corrected chi connectivity index (χ3v) is 4.70. The van der Waals surface area contributed by atoms with Crippen LogP contribution in [0.15, 0.2) is 54.6 Å². The summed E-state index contributed by atoms with van der Waals surface area (Å²) in [5.41, 5.74) is 0.844. The summed E-state index contributed by atoms with van der Waals surface area (Å²) in [5, 5.41) is 14.2. The molecule has 0 unspecified atom stereocenters. The number of nitrogens with zero attached hydrogens (tertiary/aromatic N) is 3. The number of aromatic nitrogens is 2. The molecule has 2 aromatic carbocycles. The summed E-state index contributed by atoms with van der Waals surface area (Å²) in [7, 11) is 0. The topological polar surface area (TPSA) is 58.4 Å². The predicted octanol–water partition coefficient (Wildman–Crippen LogP) is 4.29. The van der Waals surface area contributed by atoms with Crippen molar-refractivity contribution in [3.63, 3.8) is 0 Å². The van der Waals surface area contributed by atoms with Crippen LogP contribution in [-0.4, -0.2) is 27.4 Å². The highest BCUT2D eigenvalue weighted by atomic mass is 19.4. The molecule has 0 saturated carbocycles. The van der Waals surface area contributed by atoms with Gasteiger partial charge in [-0.05, 0) is 17.7 Å². The van der Waals surface area contributed by atoms with E-state index in [4.69, 9.17) is 0 Å². The number of halogens is 3. The van der Waals surface area contributed by atoms with Crippen molar-refractivity contribution in [2.75, 3.05) is 11.4 Å². The zero-order chi connectivity index (χ0) is 19.9. The molecule has 0 bridgehead atoms. The van der Waals surface area contributed by atoms with E-state index in [9.17, 15) is 23.1 Å². The van der Waals surface area contributed by atoms with Gasteiger partial charge in [-0.15, -0.1) is 0 Å². The Bertz CT molecular complexity index is 1030. The first-order valence-electron chi connectivity index (χ1n) is 8.65. The first-order chi connectivity index (χ1) is 13.3. The highest BCUT2D eigenvalue weighted by molar-refractivity contribution is 6.00. The molecule has 144 valence electrons. The van der Waals surface area contributed by atoms with Crippen molar-refractivity contribution in [1.82, 2.24) is 9.78 Å². The summed E-state index contributed by atoms with van der Waals surface area (Å²) in [6.07, 6.45) is -4.42. The van der Waals surface area contributed by atoms with Gasteiger partial charge in [0, 0.05) is 18.7 Å². The summed E-state index contributed by atoms with van der Waals surface area (Å²) in [6, 6.07) is 14.1. The molecule has 1 aliphatic rings. The molecular weight excluding hydrogens is 371 g/mol. The number of carbonyl (C=O) groups is 1. The van der Waals surface area contributed by atoms with E-state index in [1.165, 1.54) is 6.07 Å². The third kappa shape index (κ3) is 3.21. The van der Waals surface area contributed by atoms with Gasteiger partial charge in [0.15, 0.2) is 0 Å². The molecule has 2 heterocycles. The molecule has 0 amide bonds. The molecule has 1 N–H and O–H groups in total. The van der Waals surface area contributed by atoms with Crippen molar-refractivity contribution in [2.45, 2.75) is 19.3 Å². The van der Waals surface area contributed by atoms with Gasteiger partial charge in [-0.2, -0.15) is 18.3 Å². The second kappa shape index (κ2) is 6.70. The van der Waals surface area contributed by atoms with Gasteiger partial charge in [0.05, 0.1) is 12.1 Å². The Balaban J connectivity index is 1.72. The van der Waals surface area contributed by atoms with Crippen LogP contribution in [-0.2, 0) is 19.3 Å². The van der Waals surface area contributed by atoms with Crippen LogP contribution in [0.25, 0.3) is 11.3 Å². The molecule has 1 aliphatic heterocycles. The van der Waals surface area contributed by atoms with E-state index in [-0.39, 0.29) is 12.1 Å². The molecular formula is C20H16F3N3O2. The van der Waals surface area contributed by atoms with Gasteiger partial charge in [-0.1, -0.05) is 42.5 Å². The predicted molar refractivity (Wildman–Crippen MR) is 97.1 cm³/mol. The van der Waals surface area contributed by atoms with Crippen LogP contribution < -0.4 is 4.90 Å². The average molecular weight is 387 g/mol. The highest BCUT2D eigenvalue weighted by Gasteiger charge is 2.33. The van der Waals surface area contributed by atoms with Crippen molar-refractivity contribution in [2.24, 2.45) is 0 Å². The van der Waals surface area contributed by atoms with Crippen LogP contribution in [0.2, 0.25) is 0 Å². The second-order valence-corrected chi connectivity index (χ2v) is 6.56. The van der Waals surface area contributed by atoms with Gasteiger partial charge in [-0.3, -0.25) is 0 Å². The maximum atomic E-state index is 13.0. The second-order valence-electron chi connectivity index (χ2n) is 6.56. The number of aromatic carboxylic acids is 1. The van der Waals surface area contributed by atoms with Crippen molar-refractivity contribution in [1.29, 1.82) is 0 Å². The van der Waals surface area contributed by atoms with Crippen LogP contribution in [0.3, 0.4) is 0 Å². The minimum Gasteiger partial charge on any atom is -0.477 e. The van der Waals surface area contributed by atoms with Crippen LogP contribution in [0.1, 0.15) is 21.5 Å². The van der Waals surface area contributed by atoms with Gasteiger partial charge in [-0.25, -0.2) is 9.48 Å². The molecule has 8 heteroatoms. The highest BCUT2D eigenvalue weighted by Crippen LogP contribution is 2.36. The van der Waals surface area contributed by atoms with Gasteiger partial charge in [0.1, 0.15) is 17.1 Å². The Morgan fingerprint density at radius 1 is 1.07 bits per heavy atom. The van der Waals surface area contributed by atoms with E-state index in [1.54, 1.807) is 39.9 Å².